The first-order valence-corrected chi connectivity index (χ1v) is 8.20. The maximum absolute atomic E-state index is 11.7. The van der Waals surface area contributed by atoms with Gasteiger partial charge in [0, 0.05) is 18.7 Å². The Labute approximate surface area is 141 Å². The van der Waals surface area contributed by atoms with Crippen LogP contribution in [-0.4, -0.2) is 29.1 Å². The van der Waals surface area contributed by atoms with Crippen molar-refractivity contribution < 1.29 is 4.79 Å². The molecule has 2 N–H and O–H groups in total. The van der Waals surface area contributed by atoms with E-state index in [0.717, 1.165) is 35.2 Å². The lowest BCUT2D eigenvalue weighted by Gasteiger charge is -2.08. The molecule has 0 atom stereocenters. The fourth-order valence-corrected chi connectivity index (χ4v) is 2.65. The minimum absolute atomic E-state index is 0.0925. The molecule has 0 saturated heterocycles. The van der Waals surface area contributed by atoms with Gasteiger partial charge in [0.15, 0.2) is 0 Å². The zero-order valence-corrected chi connectivity index (χ0v) is 13.8. The van der Waals surface area contributed by atoms with Crippen molar-refractivity contribution >= 4 is 16.9 Å². The van der Waals surface area contributed by atoms with Crippen molar-refractivity contribution in [1.82, 2.24) is 20.2 Å². The lowest BCUT2D eigenvalue weighted by atomic mass is 10.2. The first-order valence-electron chi connectivity index (χ1n) is 8.20. The van der Waals surface area contributed by atoms with E-state index in [0.29, 0.717) is 13.0 Å². The van der Waals surface area contributed by atoms with Gasteiger partial charge in [0.2, 0.25) is 5.91 Å². The Morgan fingerprint density at radius 3 is 2.71 bits per heavy atom. The monoisotopic (exact) mass is 322 g/mol. The topological polar surface area (TPSA) is 59.0 Å². The van der Waals surface area contributed by atoms with Gasteiger partial charge in [0.25, 0.3) is 0 Å². The van der Waals surface area contributed by atoms with Crippen LogP contribution in [0.1, 0.15) is 18.4 Å². The Kier molecular flexibility index (Phi) is 5.23. The summed E-state index contributed by atoms with van der Waals surface area (Å²) < 4.78 is 2.06. The van der Waals surface area contributed by atoms with Crippen LogP contribution in [0.5, 0.6) is 0 Å². The number of aromatic nitrogens is 2. The second-order valence-corrected chi connectivity index (χ2v) is 5.75. The van der Waals surface area contributed by atoms with Gasteiger partial charge in [-0.1, -0.05) is 24.3 Å². The number of fused-ring (bicyclic) bond motifs is 1. The Morgan fingerprint density at radius 1 is 1.12 bits per heavy atom. The third kappa shape index (κ3) is 3.81. The van der Waals surface area contributed by atoms with E-state index in [2.05, 4.69) is 38.4 Å². The fourth-order valence-electron chi connectivity index (χ4n) is 2.65. The summed E-state index contributed by atoms with van der Waals surface area (Å²) in [6, 6.07) is 16.2. The second kappa shape index (κ2) is 7.75. The van der Waals surface area contributed by atoms with Crippen LogP contribution >= 0.6 is 0 Å². The van der Waals surface area contributed by atoms with E-state index < -0.39 is 0 Å². The number of carbonyl (C=O) groups excluding carboxylic acids is 1. The summed E-state index contributed by atoms with van der Waals surface area (Å²) in [6.07, 6.45) is 3.25. The molecule has 0 aliphatic carbocycles. The van der Waals surface area contributed by atoms with Crippen molar-refractivity contribution in [3.05, 3.63) is 60.4 Å². The third-order valence-corrected chi connectivity index (χ3v) is 3.99. The van der Waals surface area contributed by atoms with Crippen molar-refractivity contribution in [2.45, 2.75) is 19.4 Å². The Balaban J connectivity index is 1.62. The highest BCUT2D eigenvalue weighted by molar-refractivity contribution is 5.77. The smallest absolute Gasteiger partial charge is 0.220 e. The van der Waals surface area contributed by atoms with Crippen LogP contribution < -0.4 is 10.6 Å². The molecule has 124 valence electrons. The summed E-state index contributed by atoms with van der Waals surface area (Å²) in [5, 5.41) is 6.00. The van der Waals surface area contributed by atoms with Crippen LogP contribution in [0.4, 0.5) is 0 Å². The van der Waals surface area contributed by atoms with Crippen LogP contribution in [0.3, 0.4) is 0 Å². The minimum Gasteiger partial charge on any atom is -0.352 e. The first kappa shape index (κ1) is 16.2. The maximum atomic E-state index is 11.7. The van der Waals surface area contributed by atoms with Gasteiger partial charge >= 0.3 is 0 Å². The molecule has 1 amide bonds. The minimum atomic E-state index is 0.0925. The summed E-state index contributed by atoms with van der Waals surface area (Å²) in [5.41, 5.74) is 4.22. The molecule has 0 saturated carbocycles. The third-order valence-electron chi connectivity index (χ3n) is 3.99. The van der Waals surface area contributed by atoms with Crippen LogP contribution in [-0.2, 0) is 11.3 Å². The molecule has 0 spiro atoms. The van der Waals surface area contributed by atoms with Crippen molar-refractivity contribution in [1.29, 1.82) is 0 Å². The Hall–Kier alpha value is -2.66. The number of hydrogen-bond donors (Lipinski definition) is 2. The van der Waals surface area contributed by atoms with Gasteiger partial charge in [-0.15, -0.1) is 0 Å². The highest BCUT2D eigenvalue weighted by Crippen LogP contribution is 2.18. The number of rotatable bonds is 7. The molecule has 0 aliphatic heterocycles. The summed E-state index contributed by atoms with van der Waals surface area (Å²) in [5.74, 6) is 0.0925. The lowest BCUT2D eigenvalue weighted by Crippen LogP contribution is -2.23. The predicted molar refractivity (Wildman–Crippen MR) is 96.1 cm³/mol. The van der Waals surface area contributed by atoms with Crippen LogP contribution in [0.25, 0.3) is 16.7 Å². The zero-order chi connectivity index (χ0) is 16.8. The molecule has 0 radical (unpaired) electrons. The van der Waals surface area contributed by atoms with E-state index >= 15 is 0 Å². The molecule has 0 fully saturated rings. The molecule has 1 aromatic heterocycles. The number of carbonyl (C=O) groups is 1. The summed E-state index contributed by atoms with van der Waals surface area (Å²) in [6.45, 7) is 1.42. The standard InChI is InChI=1S/C19H22N4O/c1-20-12-4-7-19(24)21-13-15-8-10-16(11-9-15)23-14-22-17-5-2-3-6-18(17)23/h2-3,5-6,8-11,14,20H,4,7,12-13H2,1H3,(H,21,24). The molecule has 5 heteroatoms. The van der Waals surface area contributed by atoms with Crippen molar-refractivity contribution in [3.63, 3.8) is 0 Å². The fraction of sp³-hybridized carbons (Fsp3) is 0.263. The molecule has 5 nitrogen and oxygen atoms in total. The summed E-state index contributed by atoms with van der Waals surface area (Å²) in [4.78, 5) is 16.2. The molecule has 3 rings (SSSR count). The quantitative estimate of drug-likeness (QED) is 0.658. The van der Waals surface area contributed by atoms with Crippen molar-refractivity contribution in [3.8, 4) is 5.69 Å². The highest BCUT2D eigenvalue weighted by atomic mass is 16.1. The van der Waals surface area contributed by atoms with E-state index in [1.165, 1.54) is 0 Å². The van der Waals surface area contributed by atoms with Crippen molar-refractivity contribution in [2.24, 2.45) is 0 Å². The number of benzene rings is 2. The maximum Gasteiger partial charge on any atom is 0.220 e. The Bertz CT molecular complexity index is 808. The highest BCUT2D eigenvalue weighted by Gasteiger charge is 2.04. The number of imidazole rings is 1. The molecule has 0 aliphatic rings. The largest absolute Gasteiger partial charge is 0.352 e. The van der Waals surface area contributed by atoms with Gasteiger partial charge in [-0.3, -0.25) is 9.36 Å². The van der Waals surface area contributed by atoms with Gasteiger partial charge in [0.05, 0.1) is 11.0 Å². The molecular weight excluding hydrogens is 300 g/mol. The molecule has 1 heterocycles. The molecule has 0 bridgehead atoms. The summed E-state index contributed by atoms with van der Waals surface area (Å²) >= 11 is 0. The number of hydrogen-bond acceptors (Lipinski definition) is 3. The van der Waals surface area contributed by atoms with Gasteiger partial charge in [-0.05, 0) is 49.8 Å². The second-order valence-electron chi connectivity index (χ2n) is 5.75. The first-order chi connectivity index (χ1) is 11.8. The van der Waals surface area contributed by atoms with Gasteiger partial charge in [-0.2, -0.15) is 0 Å². The van der Waals surface area contributed by atoms with Crippen LogP contribution in [0, 0.1) is 0 Å². The van der Waals surface area contributed by atoms with Crippen molar-refractivity contribution in [2.75, 3.05) is 13.6 Å². The van der Waals surface area contributed by atoms with E-state index in [-0.39, 0.29) is 5.91 Å². The molecular formula is C19H22N4O. The van der Waals surface area contributed by atoms with E-state index in [4.69, 9.17) is 0 Å². The Morgan fingerprint density at radius 2 is 1.92 bits per heavy atom. The number of para-hydroxylation sites is 2. The molecule has 0 unspecified atom stereocenters. The van der Waals surface area contributed by atoms with Gasteiger partial charge in [0.1, 0.15) is 6.33 Å². The van der Waals surface area contributed by atoms with Crippen LogP contribution in [0.2, 0.25) is 0 Å². The average Bonchev–Trinajstić information content (AvgIpc) is 3.05. The lowest BCUT2D eigenvalue weighted by molar-refractivity contribution is -0.121. The van der Waals surface area contributed by atoms with Crippen LogP contribution in [0.15, 0.2) is 54.9 Å². The zero-order valence-electron chi connectivity index (χ0n) is 13.8. The molecule has 2 aromatic carbocycles. The normalized spacial score (nSPS) is 10.9. The number of amides is 1. The van der Waals surface area contributed by atoms with Gasteiger partial charge < -0.3 is 10.6 Å². The predicted octanol–water partition coefficient (Wildman–Crippen LogP) is 2.64. The van der Waals surface area contributed by atoms with E-state index in [9.17, 15) is 4.79 Å². The molecule has 3 aromatic rings. The summed E-state index contributed by atoms with van der Waals surface area (Å²) in [7, 11) is 1.89. The molecule has 24 heavy (non-hydrogen) atoms. The van der Waals surface area contributed by atoms with E-state index in [1.54, 1.807) is 0 Å². The SMILES string of the molecule is CNCCCC(=O)NCc1ccc(-n2cnc3ccccc32)cc1. The van der Waals surface area contributed by atoms with E-state index in [1.807, 2.05) is 43.7 Å². The number of nitrogens with one attached hydrogen (secondary N) is 2. The van der Waals surface area contributed by atoms with Gasteiger partial charge in [-0.25, -0.2) is 4.98 Å². The number of nitrogens with zero attached hydrogens (tertiary/aromatic N) is 2. The average molecular weight is 322 g/mol.